The van der Waals surface area contributed by atoms with Crippen molar-refractivity contribution in [3.63, 3.8) is 0 Å². The lowest BCUT2D eigenvalue weighted by Gasteiger charge is -2.20. The van der Waals surface area contributed by atoms with Crippen LogP contribution in [0.2, 0.25) is 0 Å². The lowest BCUT2D eigenvalue weighted by atomic mass is 10.1. The first-order valence-corrected chi connectivity index (χ1v) is 11.4. The average molecular weight is 424 g/mol. The smallest absolute Gasteiger partial charge is 0.240 e. The van der Waals surface area contributed by atoms with E-state index in [-0.39, 0.29) is 23.4 Å². The topological polar surface area (TPSA) is 71.4 Å². The Morgan fingerprint density at radius 1 is 1.10 bits per heavy atom. The van der Waals surface area contributed by atoms with Gasteiger partial charge in [-0.1, -0.05) is 30.3 Å². The fourth-order valence-corrected chi connectivity index (χ4v) is 5.10. The SMILES string of the molecule is CC(=O)N1c2ccc(S(=O)(=O)NCc3cccn3Cc3ccccc3)cc2CC1C. The van der Waals surface area contributed by atoms with Gasteiger partial charge in [0, 0.05) is 37.1 Å². The van der Waals surface area contributed by atoms with Crippen molar-refractivity contribution in [1.29, 1.82) is 0 Å². The van der Waals surface area contributed by atoms with Gasteiger partial charge in [-0.05, 0) is 54.8 Å². The predicted octanol–water partition coefficient (Wildman–Crippen LogP) is 3.31. The van der Waals surface area contributed by atoms with Crippen LogP contribution in [0.5, 0.6) is 0 Å². The molecule has 1 amide bonds. The average Bonchev–Trinajstić information content (AvgIpc) is 3.29. The largest absolute Gasteiger partial charge is 0.346 e. The molecule has 1 unspecified atom stereocenters. The van der Waals surface area contributed by atoms with Crippen molar-refractivity contribution in [1.82, 2.24) is 9.29 Å². The first-order valence-electron chi connectivity index (χ1n) is 9.95. The zero-order valence-corrected chi connectivity index (χ0v) is 17.9. The summed E-state index contributed by atoms with van der Waals surface area (Å²) in [6.07, 6.45) is 2.60. The van der Waals surface area contributed by atoms with Gasteiger partial charge in [0.15, 0.2) is 0 Å². The second-order valence-corrected chi connectivity index (χ2v) is 9.44. The molecule has 0 saturated carbocycles. The van der Waals surface area contributed by atoms with Gasteiger partial charge >= 0.3 is 0 Å². The van der Waals surface area contributed by atoms with Crippen LogP contribution in [0, 0.1) is 0 Å². The van der Waals surface area contributed by atoms with E-state index in [9.17, 15) is 13.2 Å². The molecule has 1 N–H and O–H groups in total. The molecular formula is C23H25N3O3S. The second-order valence-electron chi connectivity index (χ2n) is 7.67. The van der Waals surface area contributed by atoms with Crippen LogP contribution >= 0.6 is 0 Å². The number of anilines is 1. The van der Waals surface area contributed by atoms with Crippen LogP contribution in [-0.4, -0.2) is 24.9 Å². The first kappa shape index (κ1) is 20.4. The lowest BCUT2D eigenvalue weighted by Crippen LogP contribution is -2.33. The summed E-state index contributed by atoms with van der Waals surface area (Å²) in [6, 6.07) is 18.9. The Balaban J connectivity index is 1.50. The number of benzene rings is 2. The molecule has 4 rings (SSSR count). The Labute approximate surface area is 177 Å². The third kappa shape index (κ3) is 4.04. The highest BCUT2D eigenvalue weighted by molar-refractivity contribution is 7.89. The molecule has 2 aromatic carbocycles. The number of rotatable bonds is 6. The summed E-state index contributed by atoms with van der Waals surface area (Å²) >= 11 is 0. The number of hydrogen-bond donors (Lipinski definition) is 1. The molecule has 1 aromatic heterocycles. The summed E-state index contributed by atoms with van der Waals surface area (Å²) in [4.78, 5) is 13.8. The lowest BCUT2D eigenvalue weighted by molar-refractivity contribution is -0.116. The fourth-order valence-electron chi connectivity index (χ4n) is 4.05. The molecule has 156 valence electrons. The van der Waals surface area contributed by atoms with Crippen molar-refractivity contribution in [2.45, 2.75) is 44.3 Å². The number of carbonyl (C=O) groups is 1. The molecule has 7 heteroatoms. The van der Waals surface area contributed by atoms with Crippen molar-refractivity contribution in [3.05, 3.63) is 83.7 Å². The van der Waals surface area contributed by atoms with E-state index >= 15 is 0 Å². The third-order valence-corrected chi connectivity index (χ3v) is 6.88. The molecule has 1 aliphatic rings. The van der Waals surface area contributed by atoms with Crippen LogP contribution in [-0.2, 0) is 34.3 Å². The molecule has 1 atom stereocenters. The summed E-state index contributed by atoms with van der Waals surface area (Å²) in [5, 5.41) is 0. The van der Waals surface area contributed by atoms with Crippen LogP contribution < -0.4 is 9.62 Å². The second kappa shape index (κ2) is 8.08. The molecule has 1 aliphatic heterocycles. The van der Waals surface area contributed by atoms with Gasteiger partial charge in [-0.3, -0.25) is 4.79 Å². The number of nitrogens with one attached hydrogen (secondary N) is 1. The predicted molar refractivity (Wildman–Crippen MR) is 117 cm³/mol. The zero-order chi connectivity index (χ0) is 21.3. The van der Waals surface area contributed by atoms with Crippen molar-refractivity contribution in [2.75, 3.05) is 4.90 Å². The molecular weight excluding hydrogens is 398 g/mol. The summed E-state index contributed by atoms with van der Waals surface area (Å²) in [7, 11) is -3.67. The van der Waals surface area contributed by atoms with E-state index in [1.807, 2.05) is 60.2 Å². The molecule has 30 heavy (non-hydrogen) atoms. The highest BCUT2D eigenvalue weighted by Gasteiger charge is 2.30. The fraction of sp³-hybridized carbons (Fsp3) is 0.261. The van der Waals surface area contributed by atoms with Gasteiger partial charge in [-0.25, -0.2) is 13.1 Å². The van der Waals surface area contributed by atoms with E-state index in [0.29, 0.717) is 13.0 Å². The number of fused-ring (bicyclic) bond motifs is 1. The number of hydrogen-bond acceptors (Lipinski definition) is 3. The van der Waals surface area contributed by atoms with Gasteiger partial charge in [0.25, 0.3) is 0 Å². The Bertz CT molecular complexity index is 1170. The molecule has 0 aliphatic carbocycles. The number of amides is 1. The van der Waals surface area contributed by atoms with Crippen molar-refractivity contribution in [3.8, 4) is 0 Å². The summed E-state index contributed by atoms with van der Waals surface area (Å²) < 4.78 is 30.5. The standard InChI is InChI=1S/C23H25N3O3S/c1-17-13-20-14-22(10-11-23(20)26(17)18(2)27)30(28,29)24-15-21-9-6-12-25(21)16-19-7-4-3-5-8-19/h3-12,14,17,24H,13,15-16H2,1-2H3. The Kier molecular flexibility index (Phi) is 5.49. The maximum absolute atomic E-state index is 12.9. The molecule has 3 aromatic rings. The van der Waals surface area contributed by atoms with Gasteiger partial charge in [-0.15, -0.1) is 0 Å². The minimum Gasteiger partial charge on any atom is -0.346 e. The Morgan fingerprint density at radius 2 is 1.87 bits per heavy atom. The first-order chi connectivity index (χ1) is 14.3. The highest BCUT2D eigenvalue weighted by Crippen LogP contribution is 2.33. The number of carbonyl (C=O) groups excluding carboxylic acids is 1. The van der Waals surface area contributed by atoms with E-state index in [4.69, 9.17) is 0 Å². The molecule has 0 spiro atoms. The molecule has 2 heterocycles. The van der Waals surface area contributed by atoms with E-state index in [2.05, 4.69) is 4.72 Å². The molecule has 0 bridgehead atoms. The minimum absolute atomic E-state index is 0.0321. The Morgan fingerprint density at radius 3 is 2.60 bits per heavy atom. The third-order valence-electron chi connectivity index (χ3n) is 5.48. The van der Waals surface area contributed by atoms with Crippen LogP contribution in [0.15, 0.2) is 71.8 Å². The maximum Gasteiger partial charge on any atom is 0.240 e. The van der Waals surface area contributed by atoms with Crippen molar-refractivity contribution < 1.29 is 13.2 Å². The molecule has 0 fully saturated rings. The normalized spacial score (nSPS) is 15.9. The quantitative estimate of drug-likeness (QED) is 0.661. The van der Waals surface area contributed by atoms with Gasteiger partial charge in [-0.2, -0.15) is 0 Å². The highest BCUT2D eigenvalue weighted by atomic mass is 32.2. The van der Waals surface area contributed by atoms with Gasteiger partial charge in [0.2, 0.25) is 15.9 Å². The van der Waals surface area contributed by atoms with Gasteiger partial charge in [0.05, 0.1) is 11.4 Å². The number of sulfonamides is 1. The molecule has 0 radical (unpaired) electrons. The van der Waals surface area contributed by atoms with Gasteiger partial charge in [0.1, 0.15) is 0 Å². The van der Waals surface area contributed by atoms with Crippen LogP contribution in [0.3, 0.4) is 0 Å². The van der Waals surface area contributed by atoms with Crippen LogP contribution in [0.1, 0.15) is 30.7 Å². The van der Waals surface area contributed by atoms with E-state index in [1.165, 1.54) is 6.92 Å². The monoisotopic (exact) mass is 423 g/mol. The van der Waals surface area contributed by atoms with Crippen LogP contribution in [0.4, 0.5) is 5.69 Å². The zero-order valence-electron chi connectivity index (χ0n) is 17.1. The molecule has 0 saturated heterocycles. The summed E-state index contributed by atoms with van der Waals surface area (Å²) in [5.41, 5.74) is 3.72. The van der Waals surface area contributed by atoms with Crippen LogP contribution in [0.25, 0.3) is 0 Å². The van der Waals surface area contributed by atoms with E-state index in [0.717, 1.165) is 22.5 Å². The van der Waals surface area contributed by atoms with Gasteiger partial charge < -0.3 is 9.47 Å². The van der Waals surface area contributed by atoms with E-state index < -0.39 is 10.0 Å². The minimum atomic E-state index is -3.67. The van der Waals surface area contributed by atoms with E-state index in [1.54, 1.807) is 23.1 Å². The Hall–Kier alpha value is -2.90. The van der Waals surface area contributed by atoms with Crippen molar-refractivity contribution >= 4 is 21.6 Å². The van der Waals surface area contributed by atoms with Crippen molar-refractivity contribution in [2.24, 2.45) is 0 Å². The maximum atomic E-state index is 12.9. The summed E-state index contributed by atoms with van der Waals surface area (Å²) in [5.74, 6) is -0.0332. The number of nitrogens with zero attached hydrogens (tertiary/aromatic N) is 2. The summed E-state index contributed by atoms with van der Waals surface area (Å²) in [6.45, 7) is 4.38. The molecule has 6 nitrogen and oxygen atoms in total. The number of aromatic nitrogens is 1.